The Kier molecular flexibility index (Phi) is 5.66. The number of aliphatic carboxylic acids is 1. The standard InChI is InChI=1S/C20H27N5O4/c1-11(2)28-15-5-6-16(19-22-24-25-23-19)18(9-15)29-14-4-3-12-10-21-17(20(26)27)8-13(12)7-14/h5-6,9,11-14,17,21H,3-4,7-8,10H2,1-2H3,(H,26,27)(H,22,23,24,25)/t12-,13+,14-,17-/m0/s1. The highest BCUT2D eigenvalue weighted by atomic mass is 16.5. The lowest BCUT2D eigenvalue weighted by molar-refractivity contribution is -0.141. The van der Waals surface area contributed by atoms with Gasteiger partial charge in [0.2, 0.25) is 5.82 Å². The zero-order chi connectivity index (χ0) is 20.4. The SMILES string of the molecule is CC(C)Oc1ccc(-c2nn[nH]n2)c(O[C@H]2CC[C@H]3CN[C@H](C(=O)O)C[C@H]3C2)c1. The molecule has 2 heterocycles. The van der Waals surface area contributed by atoms with Crippen molar-refractivity contribution >= 4 is 5.97 Å². The molecule has 0 radical (unpaired) electrons. The van der Waals surface area contributed by atoms with Crippen LogP contribution in [-0.2, 0) is 4.79 Å². The second-order valence-corrected chi connectivity index (χ2v) is 8.17. The van der Waals surface area contributed by atoms with Gasteiger partial charge >= 0.3 is 5.97 Å². The topological polar surface area (TPSA) is 122 Å². The minimum Gasteiger partial charge on any atom is -0.491 e. The fraction of sp³-hybridized carbons (Fsp3) is 0.600. The molecule has 0 amide bonds. The van der Waals surface area contributed by atoms with Crippen LogP contribution < -0.4 is 14.8 Å². The number of hydrogen-bond acceptors (Lipinski definition) is 7. The molecule has 0 spiro atoms. The van der Waals surface area contributed by atoms with Gasteiger partial charge in [0.15, 0.2) is 0 Å². The van der Waals surface area contributed by atoms with E-state index in [0.29, 0.717) is 29.8 Å². The number of ether oxygens (including phenoxy) is 2. The van der Waals surface area contributed by atoms with Crippen LogP contribution in [0, 0.1) is 11.8 Å². The van der Waals surface area contributed by atoms with Crippen molar-refractivity contribution in [2.24, 2.45) is 11.8 Å². The molecule has 1 aliphatic carbocycles. The quantitative estimate of drug-likeness (QED) is 0.674. The predicted octanol–water partition coefficient (Wildman–Crippen LogP) is 2.26. The third-order valence-electron chi connectivity index (χ3n) is 5.76. The van der Waals surface area contributed by atoms with Gasteiger partial charge < -0.3 is 19.9 Å². The molecule has 4 rings (SSSR count). The van der Waals surface area contributed by atoms with Crippen molar-refractivity contribution in [1.82, 2.24) is 25.9 Å². The fourth-order valence-corrected chi connectivity index (χ4v) is 4.40. The van der Waals surface area contributed by atoms with Gasteiger partial charge in [-0.05, 0) is 75.3 Å². The maximum atomic E-state index is 11.4. The summed E-state index contributed by atoms with van der Waals surface area (Å²) >= 11 is 0. The molecule has 9 heteroatoms. The van der Waals surface area contributed by atoms with Gasteiger partial charge in [0.05, 0.1) is 17.8 Å². The number of carboxylic acid groups (broad SMARTS) is 1. The summed E-state index contributed by atoms with van der Waals surface area (Å²) in [5, 5.41) is 26.8. The number of rotatable bonds is 6. The highest BCUT2D eigenvalue weighted by Crippen LogP contribution is 2.39. The average Bonchev–Trinajstić information content (AvgIpc) is 3.21. The number of nitrogens with one attached hydrogen (secondary N) is 2. The molecule has 2 fully saturated rings. The lowest BCUT2D eigenvalue weighted by Gasteiger charge is -2.41. The summed E-state index contributed by atoms with van der Waals surface area (Å²) in [5.74, 6) is 1.94. The Balaban J connectivity index is 1.52. The van der Waals surface area contributed by atoms with Crippen molar-refractivity contribution in [2.45, 2.75) is 57.8 Å². The second kappa shape index (κ2) is 8.36. The van der Waals surface area contributed by atoms with Crippen molar-refractivity contribution in [1.29, 1.82) is 0 Å². The van der Waals surface area contributed by atoms with Gasteiger partial charge in [-0.25, -0.2) is 0 Å². The molecule has 1 saturated heterocycles. The molecule has 0 unspecified atom stereocenters. The first-order valence-corrected chi connectivity index (χ1v) is 10.2. The first-order valence-electron chi connectivity index (χ1n) is 10.2. The zero-order valence-corrected chi connectivity index (χ0v) is 16.7. The molecule has 1 aromatic carbocycles. The van der Waals surface area contributed by atoms with Gasteiger partial charge in [-0.2, -0.15) is 5.21 Å². The van der Waals surface area contributed by atoms with Gasteiger partial charge in [0.25, 0.3) is 0 Å². The molecular formula is C20H27N5O4. The predicted molar refractivity (Wildman–Crippen MR) is 105 cm³/mol. The van der Waals surface area contributed by atoms with E-state index in [1.807, 2.05) is 32.0 Å². The van der Waals surface area contributed by atoms with E-state index in [1.54, 1.807) is 0 Å². The largest absolute Gasteiger partial charge is 0.491 e. The number of H-pyrrole nitrogens is 1. The number of aromatic nitrogens is 4. The molecule has 156 valence electrons. The van der Waals surface area contributed by atoms with Gasteiger partial charge in [-0.15, -0.1) is 10.2 Å². The monoisotopic (exact) mass is 401 g/mol. The summed E-state index contributed by atoms with van der Waals surface area (Å²) in [5.41, 5.74) is 0.755. The number of piperidine rings is 1. The van der Waals surface area contributed by atoms with E-state index in [9.17, 15) is 9.90 Å². The van der Waals surface area contributed by atoms with Crippen molar-refractivity contribution in [3.63, 3.8) is 0 Å². The summed E-state index contributed by atoms with van der Waals surface area (Å²) in [6.45, 7) is 4.72. The number of carboxylic acids is 1. The van der Waals surface area contributed by atoms with E-state index in [-0.39, 0.29) is 12.2 Å². The molecule has 2 aromatic rings. The Morgan fingerprint density at radius 3 is 2.83 bits per heavy atom. The number of hydrogen-bond donors (Lipinski definition) is 3. The summed E-state index contributed by atoms with van der Waals surface area (Å²) in [4.78, 5) is 11.4. The third kappa shape index (κ3) is 4.50. The van der Waals surface area contributed by atoms with Crippen molar-refractivity contribution < 1.29 is 19.4 Å². The number of fused-ring (bicyclic) bond motifs is 1. The van der Waals surface area contributed by atoms with Crippen molar-refractivity contribution in [3.05, 3.63) is 18.2 Å². The smallest absolute Gasteiger partial charge is 0.320 e. The van der Waals surface area contributed by atoms with E-state index in [1.165, 1.54) is 0 Å². The molecule has 2 aliphatic rings. The van der Waals surface area contributed by atoms with E-state index in [2.05, 4.69) is 25.9 Å². The van der Waals surface area contributed by atoms with Crippen molar-refractivity contribution in [3.8, 4) is 22.9 Å². The molecule has 9 nitrogen and oxygen atoms in total. The average molecular weight is 401 g/mol. The molecule has 29 heavy (non-hydrogen) atoms. The summed E-state index contributed by atoms with van der Waals surface area (Å²) in [7, 11) is 0. The van der Waals surface area contributed by atoms with Gasteiger partial charge in [0, 0.05) is 6.07 Å². The first kappa shape index (κ1) is 19.6. The van der Waals surface area contributed by atoms with Gasteiger partial charge in [-0.1, -0.05) is 0 Å². The number of carbonyl (C=O) groups is 1. The minimum absolute atomic E-state index is 0.0174. The van der Waals surface area contributed by atoms with Crippen LogP contribution in [0.4, 0.5) is 0 Å². The van der Waals surface area contributed by atoms with E-state index < -0.39 is 12.0 Å². The normalized spacial score (nSPS) is 26.7. The first-order chi connectivity index (χ1) is 14.0. The third-order valence-corrected chi connectivity index (χ3v) is 5.76. The lowest BCUT2D eigenvalue weighted by Crippen LogP contribution is -2.50. The van der Waals surface area contributed by atoms with Crippen LogP contribution in [0.1, 0.15) is 39.5 Å². The zero-order valence-electron chi connectivity index (χ0n) is 16.7. The summed E-state index contributed by atoms with van der Waals surface area (Å²) < 4.78 is 12.2. The molecule has 1 aromatic heterocycles. The lowest BCUT2D eigenvalue weighted by atomic mass is 9.72. The number of benzene rings is 1. The minimum atomic E-state index is -0.774. The number of tetrazole rings is 1. The highest BCUT2D eigenvalue weighted by Gasteiger charge is 2.38. The van der Waals surface area contributed by atoms with E-state index in [4.69, 9.17) is 9.47 Å². The molecule has 1 aliphatic heterocycles. The second-order valence-electron chi connectivity index (χ2n) is 8.17. The highest BCUT2D eigenvalue weighted by molar-refractivity contribution is 5.73. The Morgan fingerprint density at radius 2 is 2.10 bits per heavy atom. The maximum absolute atomic E-state index is 11.4. The summed E-state index contributed by atoms with van der Waals surface area (Å²) in [6, 6.07) is 5.17. The van der Waals surface area contributed by atoms with Crippen LogP contribution in [0.3, 0.4) is 0 Å². The Hall–Kier alpha value is -2.68. The number of aromatic amines is 1. The molecule has 0 bridgehead atoms. The molecular weight excluding hydrogens is 374 g/mol. The van der Waals surface area contributed by atoms with Crippen LogP contribution in [0.2, 0.25) is 0 Å². The Bertz CT molecular complexity index is 841. The van der Waals surface area contributed by atoms with Gasteiger partial charge in [-0.3, -0.25) is 4.79 Å². The Labute approximate surface area is 169 Å². The van der Waals surface area contributed by atoms with Crippen molar-refractivity contribution in [2.75, 3.05) is 6.54 Å². The maximum Gasteiger partial charge on any atom is 0.320 e. The van der Waals surface area contributed by atoms with E-state index >= 15 is 0 Å². The molecule has 4 atom stereocenters. The fourth-order valence-electron chi connectivity index (χ4n) is 4.40. The van der Waals surface area contributed by atoms with Crippen LogP contribution in [0.5, 0.6) is 11.5 Å². The Morgan fingerprint density at radius 1 is 1.24 bits per heavy atom. The molecule has 1 saturated carbocycles. The number of nitrogens with zero attached hydrogens (tertiary/aromatic N) is 3. The van der Waals surface area contributed by atoms with Crippen LogP contribution >= 0.6 is 0 Å². The molecule has 3 N–H and O–H groups in total. The van der Waals surface area contributed by atoms with Crippen LogP contribution in [-0.4, -0.2) is 56.5 Å². The van der Waals surface area contributed by atoms with Gasteiger partial charge in [0.1, 0.15) is 17.5 Å². The van der Waals surface area contributed by atoms with E-state index in [0.717, 1.165) is 37.1 Å². The van der Waals surface area contributed by atoms with Crippen LogP contribution in [0.15, 0.2) is 18.2 Å². The summed E-state index contributed by atoms with van der Waals surface area (Å²) in [6.07, 6.45) is 3.52. The van der Waals surface area contributed by atoms with Crippen LogP contribution in [0.25, 0.3) is 11.4 Å².